The summed E-state index contributed by atoms with van der Waals surface area (Å²) >= 11 is 3.07. The molecular formula is C20H17N3O2S2. The Kier molecular flexibility index (Phi) is 5.22. The lowest BCUT2D eigenvalue weighted by molar-refractivity contribution is 0.0950. The largest absolute Gasteiger partial charge is 0.431 e. The molecule has 2 aromatic carbocycles. The van der Waals surface area contributed by atoms with Gasteiger partial charge in [0.25, 0.3) is 11.1 Å². The van der Waals surface area contributed by atoms with Crippen molar-refractivity contribution in [1.29, 1.82) is 0 Å². The van der Waals surface area contributed by atoms with E-state index >= 15 is 0 Å². The molecule has 0 saturated carbocycles. The Labute approximate surface area is 164 Å². The van der Waals surface area contributed by atoms with Crippen LogP contribution >= 0.6 is 23.1 Å². The Hall–Kier alpha value is -2.64. The minimum Gasteiger partial charge on any atom is -0.431 e. The van der Waals surface area contributed by atoms with Gasteiger partial charge in [0, 0.05) is 22.4 Å². The molecule has 2 heterocycles. The van der Waals surface area contributed by atoms with E-state index in [-0.39, 0.29) is 5.91 Å². The molecule has 0 bridgehead atoms. The quantitative estimate of drug-likeness (QED) is 0.474. The molecule has 0 spiro atoms. The lowest BCUT2D eigenvalue weighted by Crippen LogP contribution is -2.23. The van der Waals surface area contributed by atoms with Gasteiger partial charge in [0.2, 0.25) is 0 Å². The number of nitrogens with one attached hydrogen (secondary N) is 1. The van der Waals surface area contributed by atoms with Gasteiger partial charge in [-0.25, -0.2) is 9.97 Å². The molecule has 4 aromatic rings. The van der Waals surface area contributed by atoms with Crippen molar-refractivity contribution in [3.8, 4) is 0 Å². The van der Waals surface area contributed by atoms with E-state index in [1.807, 2.05) is 55.5 Å². The first kappa shape index (κ1) is 17.8. The SMILES string of the molecule is Cc1ncc(CNC(=O)c2ccccc2CSc2nc3ccccc3o2)s1. The summed E-state index contributed by atoms with van der Waals surface area (Å²) in [4.78, 5) is 22.3. The van der Waals surface area contributed by atoms with Crippen LogP contribution < -0.4 is 5.32 Å². The molecule has 7 heteroatoms. The number of amides is 1. The summed E-state index contributed by atoms with van der Waals surface area (Å²) in [7, 11) is 0. The van der Waals surface area contributed by atoms with Crippen LogP contribution in [0.25, 0.3) is 11.1 Å². The zero-order valence-corrected chi connectivity index (χ0v) is 16.3. The second-order valence-corrected chi connectivity index (χ2v) is 8.17. The first-order chi connectivity index (χ1) is 13.2. The Morgan fingerprint density at radius 3 is 2.81 bits per heavy atom. The number of carbonyl (C=O) groups is 1. The van der Waals surface area contributed by atoms with Gasteiger partial charge >= 0.3 is 0 Å². The number of hydrogen-bond donors (Lipinski definition) is 1. The zero-order chi connectivity index (χ0) is 18.6. The number of aromatic nitrogens is 2. The van der Waals surface area contributed by atoms with Gasteiger partial charge in [0.1, 0.15) is 5.52 Å². The van der Waals surface area contributed by atoms with E-state index in [4.69, 9.17) is 4.42 Å². The molecule has 0 saturated heterocycles. The summed E-state index contributed by atoms with van der Waals surface area (Å²) in [5.41, 5.74) is 3.22. The number of fused-ring (bicyclic) bond motifs is 1. The van der Waals surface area contributed by atoms with Crippen LogP contribution in [0.3, 0.4) is 0 Å². The van der Waals surface area contributed by atoms with Crippen LogP contribution in [-0.2, 0) is 12.3 Å². The normalized spacial score (nSPS) is 11.0. The van der Waals surface area contributed by atoms with Crippen molar-refractivity contribution in [2.24, 2.45) is 0 Å². The predicted octanol–water partition coefficient (Wildman–Crippen LogP) is 4.82. The van der Waals surface area contributed by atoms with Crippen LogP contribution in [-0.4, -0.2) is 15.9 Å². The first-order valence-corrected chi connectivity index (χ1v) is 10.2. The first-order valence-electron chi connectivity index (χ1n) is 8.45. The standard InChI is InChI=1S/C20H17N3O2S2/c1-13-21-10-15(27-13)11-22-19(24)16-7-3-2-6-14(16)12-26-20-23-17-8-4-5-9-18(17)25-20/h2-10H,11-12H2,1H3,(H,22,24). The highest BCUT2D eigenvalue weighted by Gasteiger charge is 2.13. The van der Waals surface area contributed by atoms with Crippen molar-refractivity contribution in [3.63, 3.8) is 0 Å². The van der Waals surface area contributed by atoms with Gasteiger partial charge in [-0.1, -0.05) is 42.1 Å². The summed E-state index contributed by atoms with van der Waals surface area (Å²) in [5, 5.41) is 4.57. The van der Waals surface area contributed by atoms with Crippen molar-refractivity contribution in [3.05, 3.63) is 75.7 Å². The number of aryl methyl sites for hydroxylation is 1. The van der Waals surface area contributed by atoms with Crippen LogP contribution in [0.1, 0.15) is 25.8 Å². The number of oxazole rings is 1. The third-order valence-electron chi connectivity index (χ3n) is 3.98. The number of carbonyl (C=O) groups excluding carboxylic acids is 1. The van der Waals surface area contributed by atoms with Crippen molar-refractivity contribution >= 4 is 40.1 Å². The number of thiazole rings is 1. The fraction of sp³-hybridized carbons (Fsp3) is 0.150. The van der Waals surface area contributed by atoms with Gasteiger partial charge < -0.3 is 9.73 Å². The summed E-state index contributed by atoms with van der Waals surface area (Å²) < 4.78 is 5.74. The molecule has 2 aromatic heterocycles. The highest BCUT2D eigenvalue weighted by Crippen LogP contribution is 2.27. The van der Waals surface area contributed by atoms with Crippen LogP contribution in [0.2, 0.25) is 0 Å². The maximum absolute atomic E-state index is 12.6. The summed E-state index contributed by atoms with van der Waals surface area (Å²) in [5.74, 6) is 0.519. The van der Waals surface area contributed by atoms with E-state index in [0.717, 1.165) is 26.5 Å². The highest BCUT2D eigenvalue weighted by atomic mass is 32.2. The number of rotatable bonds is 6. The fourth-order valence-corrected chi connectivity index (χ4v) is 4.25. The molecule has 5 nitrogen and oxygen atoms in total. The predicted molar refractivity (Wildman–Crippen MR) is 108 cm³/mol. The van der Waals surface area contributed by atoms with Crippen LogP contribution in [0.15, 0.2) is 64.4 Å². The van der Waals surface area contributed by atoms with E-state index < -0.39 is 0 Å². The average Bonchev–Trinajstić information content (AvgIpc) is 3.30. The minimum atomic E-state index is -0.0881. The topological polar surface area (TPSA) is 68.0 Å². The molecule has 27 heavy (non-hydrogen) atoms. The maximum atomic E-state index is 12.6. The summed E-state index contributed by atoms with van der Waals surface area (Å²) in [6.07, 6.45) is 1.80. The lowest BCUT2D eigenvalue weighted by atomic mass is 10.1. The molecule has 0 fully saturated rings. The van der Waals surface area contributed by atoms with Crippen LogP contribution in [0.5, 0.6) is 0 Å². The number of para-hydroxylation sites is 2. The Bertz CT molecular complexity index is 1050. The molecule has 4 rings (SSSR count). The Balaban J connectivity index is 1.44. The maximum Gasteiger partial charge on any atom is 0.257 e. The molecular weight excluding hydrogens is 378 g/mol. The van der Waals surface area contributed by atoms with Crippen molar-refractivity contribution in [2.75, 3.05) is 0 Å². The van der Waals surface area contributed by atoms with Crippen LogP contribution in [0, 0.1) is 6.92 Å². The average molecular weight is 396 g/mol. The van der Waals surface area contributed by atoms with E-state index in [0.29, 0.717) is 23.1 Å². The zero-order valence-electron chi connectivity index (χ0n) is 14.6. The second kappa shape index (κ2) is 7.94. The molecule has 136 valence electrons. The molecule has 0 radical (unpaired) electrons. The smallest absolute Gasteiger partial charge is 0.257 e. The monoisotopic (exact) mass is 395 g/mol. The van der Waals surface area contributed by atoms with E-state index in [1.54, 1.807) is 17.5 Å². The number of thioether (sulfide) groups is 1. The molecule has 0 aliphatic heterocycles. The Morgan fingerprint density at radius 1 is 1.19 bits per heavy atom. The van der Waals surface area contributed by atoms with Crippen molar-refractivity contribution in [2.45, 2.75) is 24.4 Å². The highest BCUT2D eigenvalue weighted by molar-refractivity contribution is 7.98. The van der Waals surface area contributed by atoms with E-state index in [2.05, 4.69) is 15.3 Å². The van der Waals surface area contributed by atoms with Gasteiger partial charge in [-0.2, -0.15) is 0 Å². The van der Waals surface area contributed by atoms with Gasteiger partial charge in [0.15, 0.2) is 5.58 Å². The van der Waals surface area contributed by atoms with Crippen molar-refractivity contribution < 1.29 is 9.21 Å². The van der Waals surface area contributed by atoms with E-state index in [9.17, 15) is 4.79 Å². The second-order valence-electron chi connectivity index (χ2n) is 5.92. The molecule has 1 amide bonds. The molecule has 0 unspecified atom stereocenters. The minimum absolute atomic E-state index is 0.0881. The molecule has 0 atom stereocenters. The summed E-state index contributed by atoms with van der Waals surface area (Å²) in [6.45, 7) is 2.44. The molecule has 1 N–H and O–H groups in total. The van der Waals surface area contributed by atoms with Crippen LogP contribution in [0.4, 0.5) is 0 Å². The summed E-state index contributed by atoms with van der Waals surface area (Å²) in [6, 6.07) is 15.3. The molecule has 0 aliphatic rings. The van der Waals surface area contributed by atoms with Gasteiger partial charge in [-0.15, -0.1) is 11.3 Å². The third-order valence-corrected chi connectivity index (χ3v) is 5.77. The van der Waals surface area contributed by atoms with Crippen molar-refractivity contribution in [1.82, 2.24) is 15.3 Å². The van der Waals surface area contributed by atoms with Gasteiger partial charge in [-0.3, -0.25) is 4.79 Å². The Morgan fingerprint density at radius 2 is 2.00 bits per heavy atom. The number of benzene rings is 2. The number of nitrogens with zero attached hydrogens (tertiary/aromatic N) is 2. The van der Waals surface area contributed by atoms with Gasteiger partial charge in [-0.05, 0) is 30.7 Å². The third kappa shape index (κ3) is 4.20. The lowest BCUT2D eigenvalue weighted by Gasteiger charge is -2.08. The molecule has 0 aliphatic carbocycles. The fourth-order valence-electron chi connectivity index (χ4n) is 2.67. The van der Waals surface area contributed by atoms with Gasteiger partial charge in [0.05, 0.1) is 11.6 Å². The number of hydrogen-bond acceptors (Lipinski definition) is 6. The van der Waals surface area contributed by atoms with E-state index in [1.165, 1.54) is 11.8 Å².